The van der Waals surface area contributed by atoms with Gasteiger partial charge in [0.15, 0.2) is 0 Å². The zero-order valence-electron chi connectivity index (χ0n) is 11.0. The highest BCUT2D eigenvalue weighted by atomic mass is 15.0. The predicted octanol–water partition coefficient (Wildman–Crippen LogP) is 2.96. The van der Waals surface area contributed by atoms with Gasteiger partial charge in [-0.25, -0.2) is 0 Å². The first kappa shape index (κ1) is 12.2. The van der Waals surface area contributed by atoms with Crippen LogP contribution in [-0.4, -0.2) is 12.6 Å². The van der Waals surface area contributed by atoms with Crippen molar-refractivity contribution in [2.24, 2.45) is 0 Å². The maximum absolute atomic E-state index is 5.78. The molecule has 19 heavy (non-hydrogen) atoms. The molecular weight excluding hydrogens is 232 g/mol. The van der Waals surface area contributed by atoms with E-state index < -0.39 is 0 Å². The summed E-state index contributed by atoms with van der Waals surface area (Å²) in [6.45, 7) is 1.03. The quantitative estimate of drug-likeness (QED) is 0.803. The van der Waals surface area contributed by atoms with E-state index in [9.17, 15) is 0 Å². The fraction of sp³-hybridized carbons (Fsp3) is 0.294. The van der Waals surface area contributed by atoms with E-state index in [0.29, 0.717) is 12.0 Å². The van der Waals surface area contributed by atoms with Crippen LogP contribution in [0.4, 0.5) is 5.69 Å². The van der Waals surface area contributed by atoms with Crippen LogP contribution in [0.1, 0.15) is 23.5 Å². The van der Waals surface area contributed by atoms with E-state index in [0.717, 1.165) is 18.7 Å². The third kappa shape index (κ3) is 3.15. The summed E-state index contributed by atoms with van der Waals surface area (Å²) in [4.78, 5) is 0. The van der Waals surface area contributed by atoms with Gasteiger partial charge in [0, 0.05) is 17.6 Å². The minimum Gasteiger partial charge on any atom is -0.399 e. The van der Waals surface area contributed by atoms with Gasteiger partial charge in [0.2, 0.25) is 0 Å². The molecule has 0 aliphatic heterocycles. The lowest BCUT2D eigenvalue weighted by atomic mass is 10.1. The highest BCUT2D eigenvalue weighted by molar-refractivity contribution is 5.40. The molecule has 0 radical (unpaired) electrons. The lowest BCUT2D eigenvalue weighted by Crippen LogP contribution is -2.20. The van der Waals surface area contributed by atoms with E-state index in [1.54, 1.807) is 0 Å². The van der Waals surface area contributed by atoms with Crippen molar-refractivity contribution < 1.29 is 0 Å². The molecule has 2 heteroatoms. The Morgan fingerprint density at radius 1 is 1.05 bits per heavy atom. The number of anilines is 1. The molecule has 98 valence electrons. The van der Waals surface area contributed by atoms with E-state index in [2.05, 4.69) is 47.8 Å². The topological polar surface area (TPSA) is 38.0 Å². The smallest absolute Gasteiger partial charge is 0.0316 e. The van der Waals surface area contributed by atoms with Gasteiger partial charge in [-0.1, -0.05) is 42.5 Å². The van der Waals surface area contributed by atoms with Gasteiger partial charge < -0.3 is 11.1 Å². The second-order valence-electron chi connectivity index (χ2n) is 5.31. The zero-order valence-corrected chi connectivity index (χ0v) is 11.0. The molecule has 2 aromatic rings. The number of hydrogen-bond acceptors (Lipinski definition) is 2. The summed E-state index contributed by atoms with van der Waals surface area (Å²) < 4.78 is 0. The summed E-state index contributed by atoms with van der Waals surface area (Å²) in [6.07, 6.45) is 2.31. The Morgan fingerprint density at radius 2 is 1.89 bits per heavy atom. The van der Waals surface area contributed by atoms with Crippen LogP contribution in [0.2, 0.25) is 0 Å². The number of benzene rings is 2. The van der Waals surface area contributed by atoms with Crippen molar-refractivity contribution in [1.29, 1.82) is 0 Å². The van der Waals surface area contributed by atoms with Crippen LogP contribution in [0.15, 0.2) is 54.6 Å². The van der Waals surface area contributed by atoms with E-state index in [1.807, 2.05) is 12.1 Å². The van der Waals surface area contributed by atoms with Gasteiger partial charge >= 0.3 is 0 Å². The van der Waals surface area contributed by atoms with Crippen molar-refractivity contribution in [2.45, 2.75) is 24.8 Å². The van der Waals surface area contributed by atoms with Crippen LogP contribution in [0.25, 0.3) is 0 Å². The lowest BCUT2D eigenvalue weighted by Gasteiger charge is -2.05. The van der Waals surface area contributed by atoms with Gasteiger partial charge in [0.25, 0.3) is 0 Å². The summed E-state index contributed by atoms with van der Waals surface area (Å²) >= 11 is 0. The Labute approximate surface area is 114 Å². The molecule has 3 rings (SSSR count). The molecule has 1 aliphatic rings. The van der Waals surface area contributed by atoms with Gasteiger partial charge in [0.1, 0.15) is 0 Å². The first-order chi connectivity index (χ1) is 9.33. The molecule has 2 unspecified atom stereocenters. The molecule has 1 fully saturated rings. The van der Waals surface area contributed by atoms with E-state index in [-0.39, 0.29) is 0 Å². The molecule has 0 spiro atoms. The fourth-order valence-corrected chi connectivity index (χ4v) is 2.64. The number of nitrogens with two attached hydrogens (primary N) is 1. The fourth-order valence-electron chi connectivity index (χ4n) is 2.64. The van der Waals surface area contributed by atoms with Crippen LogP contribution in [0.3, 0.4) is 0 Å². The molecule has 1 saturated carbocycles. The van der Waals surface area contributed by atoms with Crippen molar-refractivity contribution >= 4 is 5.69 Å². The van der Waals surface area contributed by atoms with Crippen LogP contribution in [0, 0.1) is 0 Å². The number of nitrogen functional groups attached to an aromatic ring is 1. The van der Waals surface area contributed by atoms with Gasteiger partial charge in [-0.3, -0.25) is 0 Å². The normalized spacial score (nSPS) is 21.3. The first-order valence-electron chi connectivity index (χ1n) is 6.96. The molecule has 0 heterocycles. The predicted molar refractivity (Wildman–Crippen MR) is 80.1 cm³/mol. The summed E-state index contributed by atoms with van der Waals surface area (Å²) in [7, 11) is 0. The molecule has 2 nitrogen and oxygen atoms in total. The highest BCUT2D eigenvalue weighted by Gasteiger charge is 2.37. The van der Waals surface area contributed by atoms with Crippen molar-refractivity contribution in [3.63, 3.8) is 0 Å². The summed E-state index contributed by atoms with van der Waals surface area (Å²) in [6, 6.07) is 19.6. The van der Waals surface area contributed by atoms with Crippen molar-refractivity contribution in [2.75, 3.05) is 12.3 Å². The van der Waals surface area contributed by atoms with Crippen LogP contribution >= 0.6 is 0 Å². The Morgan fingerprint density at radius 3 is 2.68 bits per heavy atom. The number of rotatable bonds is 5. The Balaban J connectivity index is 1.45. The van der Waals surface area contributed by atoms with Crippen molar-refractivity contribution in [3.8, 4) is 0 Å². The molecule has 2 aromatic carbocycles. The molecule has 0 bridgehead atoms. The SMILES string of the molecule is Nc1cccc(CCNC2CC2c2ccccc2)c1. The number of nitrogens with one attached hydrogen (secondary N) is 1. The minimum atomic E-state index is 0.656. The Bertz CT molecular complexity index is 536. The first-order valence-corrected chi connectivity index (χ1v) is 6.96. The summed E-state index contributed by atoms with van der Waals surface area (Å²) in [5, 5.41) is 3.63. The second kappa shape index (κ2) is 5.45. The van der Waals surface area contributed by atoms with Crippen molar-refractivity contribution in [3.05, 3.63) is 65.7 Å². The molecule has 0 aromatic heterocycles. The van der Waals surface area contributed by atoms with Crippen LogP contribution in [-0.2, 0) is 6.42 Å². The van der Waals surface area contributed by atoms with Crippen molar-refractivity contribution in [1.82, 2.24) is 5.32 Å². The third-order valence-electron chi connectivity index (χ3n) is 3.79. The van der Waals surface area contributed by atoms with Crippen LogP contribution in [0.5, 0.6) is 0 Å². The third-order valence-corrected chi connectivity index (χ3v) is 3.79. The lowest BCUT2D eigenvalue weighted by molar-refractivity contribution is 0.668. The number of hydrogen-bond donors (Lipinski definition) is 2. The molecule has 0 saturated heterocycles. The highest BCUT2D eigenvalue weighted by Crippen LogP contribution is 2.40. The second-order valence-corrected chi connectivity index (χ2v) is 5.31. The van der Waals surface area contributed by atoms with Crippen LogP contribution < -0.4 is 11.1 Å². The largest absolute Gasteiger partial charge is 0.399 e. The van der Waals surface area contributed by atoms with Gasteiger partial charge in [-0.15, -0.1) is 0 Å². The molecule has 2 atom stereocenters. The Kier molecular flexibility index (Phi) is 3.51. The van der Waals surface area contributed by atoms with E-state index in [4.69, 9.17) is 5.73 Å². The molecular formula is C17H20N2. The maximum atomic E-state index is 5.78. The molecule has 0 amide bonds. The van der Waals surface area contributed by atoms with Gasteiger partial charge in [-0.05, 0) is 42.6 Å². The van der Waals surface area contributed by atoms with E-state index in [1.165, 1.54) is 17.5 Å². The standard InChI is InChI=1S/C17H20N2/c18-15-8-4-5-13(11-15)9-10-19-17-12-16(17)14-6-2-1-3-7-14/h1-8,11,16-17,19H,9-10,12,18H2. The average Bonchev–Trinajstić information content (AvgIpc) is 3.19. The van der Waals surface area contributed by atoms with Gasteiger partial charge in [0.05, 0.1) is 0 Å². The average molecular weight is 252 g/mol. The summed E-state index contributed by atoms with van der Waals surface area (Å²) in [5.74, 6) is 0.710. The monoisotopic (exact) mass is 252 g/mol. The van der Waals surface area contributed by atoms with Gasteiger partial charge in [-0.2, -0.15) is 0 Å². The molecule has 1 aliphatic carbocycles. The van der Waals surface area contributed by atoms with E-state index >= 15 is 0 Å². The summed E-state index contributed by atoms with van der Waals surface area (Å²) in [5.41, 5.74) is 9.40. The maximum Gasteiger partial charge on any atom is 0.0316 e. The minimum absolute atomic E-state index is 0.656. The Hall–Kier alpha value is -1.80. The zero-order chi connectivity index (χ0) is 13.1. The molecule has 3 N–H and O–H groups in total.